The normalized spacial score (nSPS) is 10.7. The van der Waals surface area contributed by atoms with Crippen molar-refractivity contribution in [3.05, 3.63) is 99.0 Å². The van der Waals surface area contributed by atoms with E-state index in [2.05, 4.69) is 43.2 Å². The van der Waals surface area contributed by atoms with E-state index in [9.17, 15) is 10.1 Å². The summed E-state index contributed by atoms with van der Waals surface area (Å²) in [7, 11) is 0. The Morgan fingerprint density at radius 2 is 1.76 bits per heavy atom. The standard InChI is InChI=1S/C21H15BrN4O2S/c22-17-9-5-10-18(13-17)25(14-15-6-2-1-3-7-15)21-24-23-20(29-21)16-8-4-11-19(12-16)26(27)28/h1-13H,14H2. The molecule has 0 aliphatic carbocycles. The van der Waals surface area contributed by atoms with Crippen LogP contribution in [0.3, 0.4) is 0 Å². The number of anilines is 2. The molecule has 6 nitrogen and oxygen atoms in total. The molecule has 4 aromatic rings. The molecule has 0 spiro atoms. The minimum absolute atomic E-state index is 0.0346. The number of benzene rings is 3. The molecule has 0 aliphatic heterocycles. The molecular formula is C21H15BrN4O2S. The second kappa shape index (κ2) is 8.50. The lowest BCUT2D eigenvalue weighted by Crippen LogP contribution is -2.16. The van der Waals surface area contributed by atoms with Crippen molar-refractivity contribution in [2.75, 3.05) is 4.90 Å². The van der Waals surface area contributed by atoms with Gasteiger partial charge in [0.15, 0.2) is 0 Å². The van der Waals surface area contributed by atoms with Crippen LogP contribution in [0, 0.1) is 10.1 Å². The number of nitro groups is 1. The Morgan fingerprint density at radius 3 is 2.52 bits per heavy atom. The highest BCUT2D eigenvalue weighted by atomic mass is 79.9. The molecule has 0 unspecified atom stereocenters. The van der Waals surface area contributed by atoms with Crippen LogP contribution in [0.1, 0.15) is 5.56 Å². The van der Waals surface area contributed by atoms with Gasteiger partial charge < -0.3 is 4.90 Å². The van der Waals surface area contributed by atoms with E-state index in [1.165, 1.54) is 23.5 Å². The lowest BCUT2D eigenvalue weighted by molar-refractivity contribution is -0.384. The topological polar surface area (TPSA) is 72.2 Å². The van der Waals surface area contributed by atoms with E-state index in [4.69, 9.17) is 0 Å². The van der Waals surface area contributed by atoms with Crippen LogP contribution in [-0.4, -0.2) is 15.1 Å². The Hall–Kier alpha value is -3.10. The summed E-state index contributed by atoms with van der Waals surface area (Å²) in [5.41, 5.74) is 2.83. The molecule has 3 aromatic carbocycles. The summed E-state index contributed by atoms with van der Waals surface area (Å²) < 4.78 is 0.969. The molecule has 29 heavy (non-hydrogen) atoms. The maximum Gasteiger partial charge on any atom is 0.270 e. The quantitative estimate of drug-likeness (QED) is 0.249. The average Bonchev–Trinajstić information content (AvgIpc) is 3.23. The monoisotopic (exact) mass is 466 g/mol. The number of hydrogen-bond donors (Lipinski definition) is 0. The van der Waals surface area contributed by atoms with Crippen molar-refractivity contribution in [1.82, 2.24) is 10.2 Å². The number of rotatable bonds is 6. The summed E-state index contributed by atoms with van der Waals surface area (Å²) in [6.07, 6.45) is 0. The van der Waals surface area contributed by atoms with Crippen LogP contribution < -0.4 is 4.90 Å². The third kappa shape index (κ3) is 4.49. The van der Waals surface area contributed by atoms with Gasteiger partial charge in [-0.15, -0.1) is 10.2 Å². The first-order chi connectivity index (χ1) is 14.1. The molecule has 1 aromatic heterocycles. The molecule has 0 saturated carbocycles. The van der Waals surface area contributed by atoms with E-state index >= 15 is 0 Å². The molecule has 0 bridgehead atoms. The lowest BCUT2D eigenvalue weighted by Gasteiger charge is -2.22. The lowest BCUT2D eigenvalue weighted by atomic mass is 10.2. The first-order valence-electron chi connectivity index (χ1n) is 8.75. The van der Waals surface area contributed by atoms with Gasteiger partial charge in [0, 0.05) is 27.9 Å². The molecule has 0 atom stereocenters. The van der Waals surface area contributed by atoms with Crippen molar-refractivity contribution in [3.8, 4) is 10.6 Å². The van der Waals surface area contributed by atoms with Gasteiger partial charge in [0.2, 0.25) is 5.13 Å². The van der Waals surface area contributed by atoms with Crippen molar-refractivity contribution >= 4 is 43.8 Å². The molecule has 0 amide bonds. The molecule has 0 N–H and O–H groups in total. The van der Waals surface area contributed by atoms with Crippen molar-refractivity contribution in [3.63, 3.8) is 0 Å². The van der Waals surface area contributed by atoms with Gasteiger partial charge in [-0.05, 0) is 23.8 Å². The molecule has 1 heterocycles. The zero-order valence-corrected chi connectivity index (χ0v) is 17.5. The van der Waals surface area contributed by atoms with Crippen LogP contribution >= 0.6 is 27.3 Å². The third-order valence-corrected chi connectivity index (χ3v) is 5.74. The predicted molar refractivity (Wildman–Crippen MR) is 118 cm³/mol. The Labute approximate surface area is 179 Å². The second-order valence-electron chi connectivity index (χ2n) is 6.25. The first-order valence-corrected chi connectivity index (χ1v) is 10.4. The summed E-state index contributed by atoms with van der Waals surface area (Å²) >= 11 is 4.93. The number of nitrogens with zero attached hydrogens (tertiary/aromatic N) is 4. The zero-order chi connectivity index (χ0) is 20.2. The van der Waals surface area contributed by atoms with E-state index in [-0.39, 0.29) is 5.69 Å². The molecule has 144 valence electrons. The predicted octanol–water partition coefficient (Wildman–Crippen LogP) is 6.21. The van der Waals surface area contributed by atoms with Crippen LogP contribution in [0.15, 0.2) is 83.3 Å². The van der Waals surface area contributed by atoms with Gasteiger partial charge in [0.25, 0.3) is 5.69 Å². The third-order valence-electron chi connectivity index (χ3n) is 4.25. The van der Waals surface area contributed by atoms with Crippen molar-refractivity contribution < 1.29 is 4.92 Å². The summed E-state index contributed by atoms with van der Waals surface area (Å²) in [6, 6.07) is 24.5. The van der Waals surface area contributed by atoms with Crippen LogP contribution in [0.2, 0.25) is 0 Å². The fourth-order valence-corrected chi connectivity index (χ4v) is 4.12. The van der Waals surface area contributed by atoms with Crippen molar-refractivity contribution in [2.24, 2.45) is 0 Å². The van der Waals surface area contributed by atoms with Crippen LogP contribution in [0.5, 0.6) is 0 Å². The minimum Gasteiger partial charge on any atom is -0.312 e. The summed E-state index contributed by atoms with van der Waals surface area (Å²) in [5, 5.41) is 21.1. The molecular weight excluding hydrogens is 452 g/mol. The average molecular weight is 467 g/mol. The minimum atomic E-state index is -0.408. The number of non-ortho nitro benzene ring substituents is 1. The molecule has 0 fully saturated rings. The fraction of sp³-hybridized carbons (Fsp3) is 0.0476. The Balaban J connectivity index is 1.72. The largest absolute Gasteiger partial charge is 0.312 e. The second-order valence-corrected chi connectivity index (χ2v) is 8.12. The van der Waals surface area contributed by atoms with Crippen LogP contribution in [-0.2, 0) is 6.54 Å². The highest BCUT2D eigenvalue weighted by Crippen LogP contribution is 2.35. The number of nitro benzene ring substituents is 1. The maximum atomic E-state index is 11.1. The van der Waals surface area contributed by atoms with Gasteiger partial charge in [-0.3, -0.25) is 10.1 Å². The maximum absolute atomic E-state index is 11.1. The van der Waals surface area contributed by atoms with E-state index in [0.717, 1.165) is 15.7 Å². The van der Waals surface area contributed by atoms with E-state index in [1.54, 1.807) is 12.1 Å². The SMILES string of the molecule is O=[N+]([O-])c1cccc(-c2nnc(N(Cc3ccccc3)c3cccc(Br)c3)s2)c1. The van der Waals surface area contributed by atoms with E-state index < -0.39 is 4.92 Å². The Kier molecular flexibility index (Phi) is 5.64. The smallest absolute Gasteiger partial charge is 0.270 e. The van der Waals surface area contributed by atoms with Gasteiger partial charge in [-0.1, -0.05) is 75.8 Å². The highest BCUT2D eigenvalue weighted by molar-refractivity contribution is 9.10. The number of hydrogen-bond acceptors (Lipinski definition) is 6. The van der Waals surface area contributed by atoms with Crippen LogP contribution in [0.25, 0.3) is 10.6 Å². The van der Waals surface area contributed by atoms with Gasteiger partial charge in [-0.25, -0.2) is 0 Å². The Morgan fingerprint density at radius 1 is 0.966 bits per heavy atom. The van der Waals surface area contributed by atoms with E-state index in [1.807, 2.05) is 42.5 Å². The molecule has 0 aliphatic rings. The zero-order valence-electron chi connectivity index (χ0n) is 15.1. The van der Waals surface area contributed by atoms with Crippen LogP contribution in [0.4, 0.5) is 16.5 Å². The summed E-state index contributed by atoms with van der Waals surface area (Å²) in [4.78, 5) is 12.8. The number of aromatic nitrogens is 2. The summed E-state index contributed by atoms with van der Waals surface area (Å²) in [6.45, 7) is 0.626. The fourth-order valence-electron chi connectivity index (χ4n) is 2.87. The Bertz CT molecular complexity index is 1150. The van der Waals surface area contributed by atoms with Gasteiger partial charge in [-0.2, -0.15) is 0 Å². The molecule has 8 heteroatoms. The number of halogens is 1. The molecule has 0 saturated heterocycles. The molecule has 4 rings (SSSR count). The highest BCUT2D eigenvalue weighted by Gasteiger charge is 2.18. The van der Waals surface area contributed by atoms with Gasteiger partial charge in [0.05, 0.1) is 11.5 Å². The van der Waals surface area contributed by atoms with Crippen molar-refractivity contribution in [2.45, 2.75) is 6.54 Å². The first kappa shape index (κ1) is 19.2. The van der Waals surface area contributed by atoms with E-state index in [0.29, 0.717) is 22.2 Å². The van der Waals surface area contributed by atoms with Crippen molar-refractivity contribution in [1.29, 1.82) is 0 Å². The summed E-state index contributed by atoms with van der Waals surface area (Å²) in [5.74, 6) is 0. The molecule has 0 radical (unpaired) electrons. The van der Waals surface area contributed by atoms with Gasteiger partial charge in [0.1, 0.15) is 5.01 Å². The van der Waals surface area contributed by atoms with Gasteiger partial charge >= 0.3 is 0 Å².